The van der Waals surface area contributed by atoms with Gasteiger partial charge in [0.25, 0.3) is 23.6 Å². The molecule has 45 heavy (non-hydrogen) atoms. The van der Waals surface area contributed by atoms with Crippen molar-refractivity contribution in [3.8, 4) is 0 Å². The van der Waals surface area contributed by atoms with E-state index in [0.29, 0.717) is 10.4 Å². The second kappa shape index (κ2) is 10.8. The van der Waals surface area contributed by atoms with Crippen LogP contribution in [0.15, 0.2) is 97.1 Å². The molecule has 2 aliphatic heterocycles. The fraction of sp³-hybridized carbons (Fsp3) is 0.118. The molecular weight excluding hydrogens is 592 g/mol. The maximum absolute atomic E-state index is 13.6. The van der Waals surface area contributed by atoms with E-state index in [-0.39, 0.29) is 22.3 Å². The van der Waals surface area contributed by atoms with Crippen molar-refractivity contribution in [2.45, 2.75) is 25.9 Å². The van der Waals surface area contributed by atoms with E-state index in [1.165, 1.54) is 26.0 Å². The Bertz CT molecular complexity index is 1800. The zero-order valence-corrected chi connectivity index (χ0v) is 25.1. The summed E-state index contributed by atoms with van der Waals surface area (Å²) in [7, 11) is -3.43. The number of aliphatic carboxylic acids is 2. The first-order valence-corrected chi connectivity index (χ1v) is 16.1. The molecule has 11 heteroatoms. The zero-order valence-electron chi connectivity index (χ0n) is 24.1. The average Bonchev–Trinajstić information content (AvgIpc) is 3.45. The molecule has 224 valence electrons. The van der Waals surface area contributed by atoms with Gasteiger partial charge in [0.15, 0.2) is 8.07 Å². The first kappa shape index (κ1) is 29.4. The van der Waals surface area contributed by atoms with Crippen LogP contribution in [0.5, 0.6) is 0 Å². The quantitative estimate of drug-likeness (QED) is 0.170. The molecule has 2 atom stereocenters. The Morgan fingerprint density at radius 3 is 1.18 bits per heavy atom. The number of carboxylic acids is 2. The van der Waals surface area contributed by atoms with Gasteiger partial charge in [-0.05, 0) is 58.9 Å². The highest BCUT2D eigenvalue weighted by Crippen LogP contribution is 2.27. The Morgan fingerprint density at radius 1 is 0.511 bits per heavy atom. The molecule has 2 heterocycles. The number of amides is 4. The molecule has 2 N–H and O–H groups in total. The highest BCUT2D eigenvalue weighted by atomic mass is 28.3. The Hall–Kier alpha value is -5.68. The van der Waals surface area contributed by atoms with E-state index in [9.17, 15) is 39.0 Å². The number of carbonyl (C=O) groups excluding carboxylic acids is 4. The van der Waals surface area contributed by atoms with Crippen molar-refractivity contribution >= 4 is 64.4 Å². The van der Waals surface area contributed by atoms with E-state index in [0.717, 1.165) is 20.2 Å². The van der Waals surface area contributed by atoms with E-state index in [1.807, 2.05) is 60.7 Å². The van der Waals surface area contributed by atoms with E-state index >= 15 is 0 Å². The number of nitrogens with zero attached hydrogens (tertiary/aromatic N) is 2. The lowest BCUT2D eigenvalue weighted by molar-refractivity contribution is -0.141. The van der Waals surface area contributed by atoms with Crippen LogP contribution in [-0.4, -0.2) is 75.7 Å². The molecule has 4 aromatic rings. The van der Waals surface area contributed by atoms with Gasteiger partial charge in [-0.3, -0.25) is 29.0 Å². The minimum absolute atomic E-state index is 0.0724. The van der Waals surface area contributed by atoms with Crippen molar-refractivity contribution in [1.29, 1.82) is 0 Å². The minimum atomic E-state index is -3.43. The van der Waals surface area contributed by atoms with Crippen LogP contribution >= 0.6 is 0 Å². The SMILES string of the molecule is C[C@H](C(=O)O)N1C(=O)c2ccc([Si](c3ccccc3)(c3ccccc3)c3ccc4c(c3)C(=O)N([C@@H](C)C(=O)O)C4=O)cc2C1=O. The Morgan fingerprint density at radius 2 is 0.844 bits per heavy atom. The summed E-state index contributed by atoms with van der Waals surface area (Å²) in [6.45, 7) is 2.55. The molecule has 0 aromatic heterocycles. The molecule has 10 nitrogen and oxygen atoms in total. The maximum atomic E-state index is 13.6. The highest BCUT2D eigenvalue weighted by molar-refractivity contribution is 7.20. The highest BCUT2D eigenvalue weighted by Gasteiger charge is 2.47. The van der Waals surface area contributed by atoms with Gasteiger partial charge in [0, 0.05) is 0 Å². The summed E-state index contributed by atoms with van der Waals surface area (Å²) in [4.78, 5) is 78.4. The molecule has 0 fully saturated rings. The smallest absolute Gasteiger partial charge is 0.326 e. The molecule has 0 spiro atoms. The number of benzene rings is 4. The predicted octanol–water partition coefficient (Wildman–Crippen LogP) is 1.20. The average molecular weight is 619 g/mol. The van der Waals surface area contributed by atoms with Crippen LogP contribution in [0.2, 0.25) is 0 Å². The monoisotopic (exact) mass is 618 g/mol. The second-order valence-corrected chi connectivity index (χ2v) is 14.8. The van der Waals surface area contributed by atoms with Crippen LogP contribution < -0.4 is 20.7 Å². The van der Waals surface area contributed by atoms with Gasteiger partial charge < -0.3 is 10.2 Å². The van der Waals surface area contributed by atoms with Crippen molar-refractivity contribution in [3.05, 3.63) is 119 Å². The summed E-state index contributed by atoms with van der Waals surface area (Å²) < 4.78 is 0. The normalized spacial score (nSPS) is 15.6. The van der Waals surface area contributed by atoms with Gasteiger partial charge in [-0.25, -0.2) is 9.59 Å². The molecule has 0 aliphatic carbocycles. The molecule has 0 saturated heterocycles. The summed E-state index contributed by atoms with van der Waals surface area (Å²) in [6.07, 6.45) is 0. The summed E-state index contributed by atoms with van der Waals surface area (Å²) in [5.41, 5.74) is 0.328. The Labute approximate surface area is 258 Å². The minimum Gasteiger partial charge on any atom is -0.480 e. The first-order chi connectivity index (χ1) is 21.5. The van der Waals surface area contributed by atoms with E-state index in [2.05, 4.69) is 0 Å². The van der Waals surface area contributed by atoms with Crippen molar-refractivity contribution in [2.24, 2.45) is 0 Å². The van der Waals surface area contributed by atoms with E-state index < -0.39 is 55.7 Å². The summed E-state index contributed by atoms with van der Waals surface area (Å²) >= 11 is 0. The maximum Gasteiger partial charge on any atom is 0.326 e. The van der Waals surface area contributed by atoms with Crippen molar-refractivity contribution in [2.75, 3.05) is 0 Å². The lowest BCUT2D eigenvalue weighted by atomic mass is 10.1. The fourth-order valence-electron chi connectivity index (χ4n) is 6.29. The van der Waals surface area contributed by atoms with Gasteiger partial charge in [-0.2, -0.15) is 0 Å². The van der Waals surface area contributed by atoms with Crippen LogP contribution in [0, 0.1) is 0 Å². The van der Waals surface area contributed by atoms with Gasteiger partial charge in [0.05, 0.1) is 22.3 Å². The third-order valence-electron chi connectivity index (χ3n) is 8.60. The van der Waals surface area contributed by atoms with Gasteiger partial charge in [-0.1, -0.05) is 72.8 Å². The predicted molar refractivity (Wildman–Crippen MR) is 165 cm³/mol. The Balaban J connectivity index is 1.63. The molecule has 0 bridgehead atoms. The number of carbonyl (C=O) groups is 6. The van der Waals surface area contributed by atoms with Gasteiger partial charge >= 0.3 is 11.9 Å². The summed E-state index contributed by atoms with van der Waals surface area (Å²) in [6, 6.07) is 26.1. The summed E-state index contributed by atoms with van der Waals surface area (Å²) in [5, 5.41) is 22.2. The standard InChI is InChI=1S/C34H26N2O8Si/c1-19(33(41)42)35-29(37)25-15-13-23(17-27(25)31(35)39)45(21-9-5-3-6-10-21,22-11-7-4-8-12-22)24-14-16-26-28(18-24)32(40)36(30(26)38)20(2)34(43)44/h3-20H,1-2H3,(H,41,42)(H,43,44)/t19-,20+. The van der Waals surface area contributed by atoms with E-state index in [1.54, 1.807) is 24.3 Å². The van der Waals surface area contributed by atoms with Gasteiger partial charge in [0.2, 0.25) is 0 Å². The molecular formula is C34H26N2O8Si. The second-order valence-electron chi connectivity index (χ2n) is 11.0. The van der Waals surface area contributed by atoms with Crippen molar-refractivity contribution in [3.63, 3.8) is 0 Å². The molecule has 4 amide bonds. The van der Waals surface area contributed by atoms with Crippen LogP contribution in [0.1, 0.15) is 55.3 Å². The van der Waals surface area contributed by atoms with Crippen LogP contribution in [-0.2, 0) is 9.59 Å². The van der Waals surface area contributed by atoms with Gasteiger partial charge in [0.1, 0.15) is 12.1 Å². The Kier molecular flexibility index (Phi) is 7.05. The molecule has 4 aromatic carbocycles. The lowest BCUT2D eigenvalue weighted by Crippen LogP contribution is -2.74. The lowest BCUT2D eigenvalue weighted by Gasteiger charge is -2.34. The molecule has 0 unspecified atom stereocenters. The topological polar surface area (TPSA) is 149 Å². The molecule has 2 aliphatic rings. The third kappa shape index (κ3) is 4.31. The number of imide groups is 2. The van der Waals surface area contributed by atoms with Crippen LogP contribution in [0.25, 0.3) is 0 Å². The van der Waals surface area contributed by atoms with Crippen LogP contribution in [0.3, 0.4) is 0 Å². The number of carboxylic acid groups (broad SMARTS) is 2. The number of fused-ring (bicyclic) bond motifs is 2. The number of hydrogen-bond donors (Lipinski definition) is 2. The summed E-state index contributed by atoms with van der Waals surface area (Å²) in [5.74, 6) is -5.46. The number of hydrogen-bond acceptors (Lipinski definition) is 6. The largest absolute Gasteiger partial charge is 0.480 e. The zero-order chi connectivity index (χ0) is 32.2. The fourth-order valence-corrected chi connectivity index (χ4v) is 11.1. The third-order valence-corrected chi connectivity index (χ3v) is 13.4. The van der Waals surface area contributed by atoms with Crippen LogP contribution in [0.4, 0.5) is 0 Å². The van der Waals surface area contributed by atoms with Crippen molar-refractivity contribution < 1.29 is 39.0 Å². The molecule has 0 radical (unpaired) electrons. The first-order valence-electron chi connectivity index (χ1n) is 14.1. The van der Waals surface area contributed by atoms with Crippen molar-refractivity contribution in [1.82, 2.24) is 9.80 Å². The van der Waals surface area contributed by atoms with Gasteiger partial charge in [-0.15, -0.1) is 0 Å². The van der Waals surface area contributed by atoms with E-state index in [4.69, 9.17) is 0 Å². The number of rotatable bonds is 8. The molecule has 0 saturated carbocycles. The molecule has 6 rings (SSSR count).